The molecule has 2 N–H and O–H groups in total. The number of anilines is 1. The first kappa shape index (κ1) is 12.6. The first-order chi connectivity index (χ1) is 9.86. The topological polar surface area (TPSA) is 59.5 Å². The van der Waals surface area contributed by atoms with Crippen LogP contribution in [0.15, 0.2) is 54.9 Å². The summed E-state index contributed by atoms with van der Waals surface area (Å²) < 4.78 is 1.76. The molecule has 0 aliphatic rings. The van der Waals surface area contributed by atoms with Crippen molar-refractivity contribution in [1.82, 2.24) is 14.6 Å². The molecule has 0 saturated carbocycles. The van der Waals surface area contributed by atoms with Crippen LogP contribution in [0.25, 0.3) is 5.65 Å². The van der Waals surface area contributed by atoms with Crippen molar-refractivity contribution in [3.63, 3.8) is 0 Å². The predicted molar refractivity (Wildman–Crippen MR) is 79.5 cm³/mol. The number of rotatable bonds is 5. The Bertz CT molecular complexity index is 677. The zero-order valence-electron chi connectivity index (χ0n) is 11.2. The van der Waals surface area contributed by atoms with Crippen LogP contribution in [0, 0.1) is 0 Å². The summed E-state index contributed by atoms with van der Waals surface area (Å²) in [5.74, 6) is 0.923. The first-order valence-corrected chi connectivity index (χ1v) is 6.66. The number of fused-ring (bicyclic) bond motifs is 1. The van der Waals surface area contributed by atoms with E-state index in [1.54, 1.807) is 10.7 Å². The fraction of sp³-hybridized carbons (Fsp3) is 0.200. The summed E-state index contributed by atoms with van der Waals surface area (Å²) in [4.78, 5) is 6.80. The van der Waals surface area contributed by atoms with Crippen LogP contribution in [0.5, 0.6) is 0 Å². The second-order valence-corrected chi connectivity index (χ2v) is 4.62. The lowest BCUT2D eigenvalue weighted by atomic mass is 10.2. The van der Waals surface area contributed by atoms with Gasteiger partial charge in [0, 0.05) is 31.9 Å². The van der Waals surface area contributed by atoms with Crippen LogP contribution >= 0.6 is 0 Å². The van der Waals surface area contributed by atoms with E-state index in [0.717, 1.165) is 24.6 Å². The second-order valence-electron chi connectivity index (χ2n) is 4.62. The second kappa shape index (κ2) is 5.71. The molecule has 0 radical (unpaired) electrons. The third-order valence-corrected chi connectivity index (χ3v) is 3.18. The SMILES string of the molecule is NCCN(Cc1ccccc1)c1ccn2nccc2n1. The lowest BCUT2D eigenvalue weighted by Gasteiger charge is -2.23. The maximum absolute atomic E-state index is 5.73. The molecule has 3 rings (SSSR count). The highest BCUT2D eigenvalue weighted by atomic mass is 15.3. The molecular formula is C15H17N5. The molecule has 1 aromatic carbocycles. The molecule has 2 aromatic heterocycles. The molecule has 0 atom stereocenters. The maximum atomic E-state index is 5.73. The summed E-state index contributed by atoms with van der Waals surface area (Å²) in [7, 11) is 0. The predicted octanol–water partition coefficient (Wildman–Crippen LogP) is 1.69. The normalized spacial score (nSPS) is 10.8. The van der Waals surface area contributed by atoms with Gasteiger partial charge in [0.1, 0.15) is 5.82 Å². The standard InChI is InChI=1S/C15H17N5/c16-8-11-19(12-13-4-2-1-3-5-13)14-7-10-20-15(18-14)6-9-17-20/h1-7,9-10H,8,11-12,16H2. The van der Waals surface area contributed by atoms with E-state index in [1.165, 1.54) is 5.56 Å². The fourth-order valence-electron chi connectivity index (χ4n) is 2.21. The van der Waals surface area contributed by atoms with Crippen molar-refractivity contribution in [3.8, 4) is 0 Å². The van der Waals surface area contributed by atoms with Gasteiger partial charge in [0.2, 0.25) is 0 Å². The smallest absolute Gasteiger partial charge is 0.157 e. The van der Waals surface area contributed by atoms with Crippen LogP contribution in [0.1, 0.15) is 5.56 Å². The Balaban J connectivity index is 1.89. The summed E-state index contributed by atoms with van der Waals surface area (Å²) in [6.07, 6.45) is 3.67. The summed E-state index contributed by atoms with van der Waals surface area (Å²) in [5, 5.41) is 4.16. The first-order valence-electron chi connectivity index (χ1n) is 6.66. The van der Waals surface area contributed by atoms with E-state index in [-0.39, 0.29) is 0 Å². The molecule has 20 heavy (non-hydrogen) atoms. The largest absolute Gasteiger partial charge is 0.351 e. The molecule has 0 spiro atoms. The molecule has 5 nitrogen and oxygen atoms in total. The quantitative estimate of drug-likeness (QED) is 0.764. The van der Waals surface area contributed by atoms with Gasteiger partial charge in [-0.3, -0.25) is 0 Å². The molecule has 0 bridgehead atoms. The van der Waals surface area contributed by atoms with Gasteiger partial charge in [0.05, 0.1) is 6.20 Å². The molecule has 0 aliphatic carbocycles. The number of aromatic nitrogens is 3. The Hall–Kier alpha value is -2.40. The third-order valence-electron chi connectivity index (χ3n) is 3.18. The van der Waals surface area contributed by atoms with E-state index < -0.39 is 0 Å². The Kier molecular flexibility index (Phi) is 3.60. The van der Waals surface area contributed by atoms with E-state index in [2.05, 4.69) is 27.1 Å². The van der Waals surface area contributed by atoms with Crippen LogP contribution in [-0.2, 0) is 6.54 Å². The number of hydrogen-bond acceptors (Lipinski definition) is 4. The van der Waals surface area contributed by atoms with Gasteiger partial charge in [-0.1, -0.05) is 30.3 Å². The molecule has 2 heterocycles. The van der Waals surface area contributed by atoms with Crippen molar-refractivity contribution >= 4 is 11.5 Å². The highest BCUT2D eigenvalue weighted by Crippen LogP contribution is 2.15. The van der Waals surface area contributed by atoms with Gasteiger partial charge >= 0.3 is 0 Å². The molecule has 0 amide bonds. The Morgan fingerprint density at radius 2 is 1.95 bits per heavy atom. The van der Waals surface area contributed by atoms with E-state index in [9.17, 15) is 0 Å². The number of benzene rings is 1. The van der Waals surface area contributed by atoms with Gasteiger partial charge in [0.15, 0.2) is 5.65 Å². The summed E-state index contributed by atoms with van der Waals surface area (Å²) in [6, 6.07) is 14.2. The summed E-state index contributed by atoms with van der Waals surface area (Å²) in [5.41, 5.74) is 7.82. The van der Waals surface area contributed by atoms with Crippen molar-refractivity contribution < 1.29 is 0 Å². The lowest BCUT2D eigenvalue weighted by Crippen LogP contribution is -2.29. The van der Waals surface area contributed by atoms with Crippen LogP contribution in [-0.4, -0.2) is 27.7 Å². The summed E-state index contributed by atoms with van der Waals surface area (Å²) in [6.45, 7) is 2.17. The Morgan fingerprint density at radius 1 is 1.10 bits per heavy atom. The van der Waals surface area contributed by atoms with Crippen LogP contribution in [0.2, 0.25) is 0 Å². The van der Waals surface area contributed by atoms with Crippen molar-refractivity contribution in [3.05, 3.63) is 60.4 Å². The Labute approximate surface area is 117 Å². The van der Waals surface area contributed by atoms with E-state index in [0.29, 0.717) is 6.54 Å². The number of nitrogens with zero attached hydrogens (tertiary/aromatic N) is 4. The van der Waals surface area contributed by atoms with Crippen molar-refractivity contribution in [2.24, 2.45) is 5.73 Å². The van der Waals surface area contributed by atoms with Crippen molar-refractivity contribution in [1.29, 1.82) is 0 Å². The number of nitrogens with two attached hydrogens (primary N) is 1. The van der Waals surface area contributed by atoms with Gasteiger partial charge < -0.3 is 10.6 Å². The van der Waals surface area contributed by atoms with Crippen molar-refractivity contribution in [2.45, 2.75) is 6.54 Å². The van der Waals surface area contributed by atoms with Gasteiger partial charge in [-0.15, -0.1) is 0 Å². The number of hydrogen-bond donors (Lipinski definition) is 1. The molecule has 102 valence electrons. The lowest BCUT2D eigenvalue weighted by molar-refractivity contribution is 0.772. The van der Waals surface area contributed by atoms with Crippen molar-refractivity contribution in [2.75, 3.05) is 18.0 Å². The third kappa shape index (κ3) is 2.62. The van der Waals surface area contributed by atoms with Crippen LogP contribution < -0.4 is 10.6 Å². The van der Waals surface area contributed by atoms with Crippen LogP contribution in [0.3, 0.4) is 0 Å². The summed E-state index contributed by atoms with van der Waals surface area (Å²) >= 11 is 0. The molecular weight excluding hydrogens is 250 g/mol. The minimum absolute atomic E-state index is 0.596. The van der Waals surface area contributed by atoms with Gasteiger partial charge in [-0.05, 0) is 11.6 Å². The van der Waals surface area contributed by atoms with Gasteiger partial charge in [0.25, 0.3) is 0 Å². The molecule has 3 aromatic rings. The minimum atomic E-state index is 0.596. The average molecular weight is 267 g/mol. The maximum Gasteiger partial charge on any atom is 0.157 e. The van der Waals surface area contributed by atoms with E-state index in [4.69, 9.17) is 5.73 Å². The van der Waals surface area contributed by atoms with Gasteiger partial charge in [-0.2, -0.15) is 5.10 Å². The zero-order chi connectivity index (χ0) is 13.8. The monoisotopic (exact) mass is 267 g/mol. The molecule has 0 unspecified atom stereocenters. The molecule has 0 fully saturated rings. The van der Waals surface area contributed by atoms with Crippen LogP contribution in [0.4, 0.5) is 5.82 Å². The zero-order valence-corrected chi connectivity index (χ0v) is 11.2. The highest BCUT2D eigenvalue weighted by Gasteiger charge is 2.09. The molecule has 0 saturated heterocycles. The molecule has 5 heteroatoms. The highest BCUT2D eigenvalue weighted by molar-refractivity contribution is 5.47. The Morgan fingerprint density at radius 3 is 2.75 bits per heavy atom. The fourth-order valence-corrected chi connectivity index (χ4v) is 2.21. The molecule has 0 aliphatic heterocycles. The average Bonchev–Trinajstić information content (AvgIpc) is 2.95. The van der Waals surface area contributed by atoms with Gasteiger partial charge in [-0.25, -0.2) is 9.50 Å². The minimum Gasteiger partial charge on any atom is -0.351 e. The van der Waals surface area contributed by atoms with E-state index >= 15 is 0 Å². The van der Waals surface area contributed by atoms with E-state index in [1.807, 2.05) is 36.5 Å².